The van der Waals surface area contributed by atoms with Gasteiger partial charge in [0.1, 0.15) is 5.75 Å². The number of rotatable bonds is 6. The average Bonchev–Trinajstić information content (AvgIpc) is 2.74. The van der Waals surface area contributed by atoms with Gasteiger partial charge in [0.05, 0.1) is 18.3 Å². The van der Waals surface area contributed by atoms with E-state index in [2.05, 4.69) is 26.5 Å². The molecule has 1 aliphatic carbocycles. The maximum atomic E-state index is 12.5. The maximum absolute atomic E-state index is 12.5. The minimum atomic E-state index is -0.363. The van der Waals surface area contributed by atoms with Crippen molar-refractivity contribution in [1.29, 1.82) is 0 Å². The van der Waals surface area contributed by atoms with E-state index in [1.54, 1.807) is 0 Å². The highest BCUT2D eigenvalue weighted by Gasteiger charge is 2.28. The highest BCUT2D eigenvalue weighted by molar-refractivity contribution is 5.96. The number of nitrogens with one attached hydrogen (secondary N) is 2. The number of carbonyl (C=O) groups excluding carboxylic acids is 2. The highest BCUT2D eigenvalue weighted by atomic mass is 16.5. The van der Waals surface area contributed by atoms with E-state index >= 15 is 0 Å². The second-order valence-corrected chi connectivity index (χ2v) is 7.90. The Morgan fingerprint density at radius 1 is 1.10 bits per heavy atom. The Morgan fingerprint density at radius 2 is 1.79 bits per heavy atom. The van der Waals surface area contributed by atoms with Crippen LogP contribution in [0.25, 0.3) is 0 Å². The van der Waals surface area contributed by atoms with Gasteiger partial charge in [0.25, 0.3) is 0 Å². The molecule has 2 fully saturated rings. The van der Waals surface area contributed by atoms with Crippen LogP contribution in [-0.2, 0) is 4.79 Å². The fraction of sp³-hybridized carbons (Fsp3) is 0.636. The summed E-state index contributed by atoms with van der Waals surface area (Å²) in [7, 11) is 0. The molecule has 29 heavy (non-hydrogen) atoms. The molecule has 7 nitrogen and oxygen atoms in total. The van der Waals surface area contributed by atoms with Gasteiger partial charge in [-0.1, -0.05) is 31.4 Å². The van der Waals surface area contributed by atoms with E-state index in [1.165, 1.54) is 6.42 Å². The molecule has 0 radical (unpaired) electrons. The Morgan fingerprint density at radius 3 is 2.48 bits per heavy atom. The molecular weight excluding hydrogens is 368 g/mol. The topological polar surface area (TPSA) is 73.9 Å². The predicted octanol–water partition coefficient (Wildman–Crippen LogP) is 2.75. The molecule has 160 valence electrons. The van der Waals surface area contributed by atoms with Crippen molar-refractivity contribution in [3.63, 3.8) is 0 Å². The smallest absolute Gasteiger partial charge is 0.321 e. The standard InChI is InChI=1S/C22H34N4O3/c1-3-29-20-12-8-7-11-19(20)26-15-13-25(14-16-26)17(2)21(27)24-22(28)23-18-9-5-4-6-10-18/h7-8,11-12,17-18H,3-6,9-10,13-16H2,1-2H3,(H2,23,24,27,28)/t17-/m0/s1. The number of carbonyl (C=O) groups is 2. The first-order chi connectivity index (χ1) is 14.1. The van der Waals surface area contributed by atoms with Crippen LogP contribution in [0.15, 0.2) is 24.3 Å². The Balaban J connectivity index is 1.47. The van der Waals surface area contributed by atoms with E-state index in [1.807, 2.05) is 32.0 Å². The molecule has 0 unspecified atom stereocenters. The minimum Gasteiger partial charge on any atom is -0.492 e. The van der Waals surface area contributed by atoms with Crippen molar-refractivity contribution in [2.24, 2.45) is 0 Å². The Hall–Kier alpha value is -2.28. The van der Waals surface area contributed by atoms with Gasteiger partial charge in [-0.25, -0.2) is 4.79 Å². The molecule has 1 aromatic rings. The maximum Gasteiger partial charge on any atom is 0.321 e. The van der Waals surface area contributed by atoms with Crippen LogP contribution in [0.5, 0.6) is 5.75 Å². The highest BCUT2D eigenvalue weighted by Crippen LogP contribution is 2.29. The van der Waals surface area contributed by atoms with Gasteiger partial charge < -0.3 is 15.0 Å². The Kier molecular flexibility index (Phi) is 7.75. The van der Waals surface area contributed by atoms with Gasteiger partial charge in [0.2, 0.25) is 5.91 Å². The predicted molar refractivity (Wildman–Crippen MR) is 114 cm³/mol. The molecule has 2 N–H and O–H groups in total. The molecule has 1 saturated heterocycles. The minimum absolute atomic E-state index is 0.195. The molecule has 2 aliphatic rings. The van der Waals surface area contributed by atoms with E-state index in [9.17, 15) is 9.59 Å². The van der Waals surface area contributed by atoms with Crippen LogP contribution in [0.1, 0.15) is 46.0 Å². The summed E-state index contributed by atoms with van der Waals surface area (Å²) in [5.41, 5.74) is 1.10. The van der Waals surface area contributed by atoms with Crippen molar-refractivity contribution in [3.05, 3.63) is 24.3 Å². The summed E-state index contributed by atoms with van der Waals surface area (Å²) in [5, 5.41) is 5.47. The molecule has 1 saturated carbocycles. The summed E-state index contributed by atoms with van der Waals surface area (Å²) in [4.78, 5) is 29.1. The SMILES string of the molecule is CCOc1ccccc1N1CCN([C@@H](C)C(=O)NC(=O)NC2CCCCC2)CC1. The number of hydrogen-bond donors (Lipinski definition) is 2. The number of hydrogen-bond acceptors (Lipinski definition) is 5. The van der Waals surface area contributed by atoms with Crippen molar-refractivity contribution in [2.75, 3.05) is 37.7 Å². The third kappa shape index (κ3) is 5.85. The molecule has 0 bridgehead atoms. The summed E-state index contributed by atoms with van der Waals surface area (Å²) in [5.74, 6) is 0.662. The number of benzene rings is 1. The third-order valence-electron chi connectivity index (χ3n) is 5.92. The van der Waals surface area contributed by atoms with Gasteiger partial charge >= 0.3 is 6.03 Å². The number of piperazine rings is 1. The fourth-order valence-corrected chi connectivity index (χ4v) is 4.20. The summed E-state index contributed by atoms with van der Waals surface area (Å²) < 4.78 is 5.74. The number of imide groups is 1. The lowest BCUT2D eigenvalue weighted by atomic mass is 9.96. The molecule has 1 atom stereocenters. The summed E-state index contributed by atoms with van der Waals surface area (Å²) in [6.45, 7) is 7.65. The van der Waals surface area contributed by atoms with Gasteiger partial charge in [0.15, 0.2) is 0 Å². The first kappa shape index (κ1) is 21.4. The molecule has 3 rings (SSSR count). The number of nitrogens with zero attached hydrogens (tertiary/aromatic N) is 2. The monoisotopic (exact) mass is 402 g/mol. The lowest BCUT2D eigenvalue weighted by molar-refractivity contribution is -0.124. The molecule has 1 aliphatic heterocycles. The first-order valence-corrected chi connectivity index (χ1v) is 10.9. The number of amides is 3. The van der Waals surface area contributed by atoms with Gasteiger partial charge in [-0.3, -0.25) is 15.0 Å². The Bertz CT molecular complexity index is 682. The lowest BCUT2D eigenvalue weighted by Gasteiger charge is -2.38. The number of urea groups is 1. The largest absolute Gasteiger partial charge is 0.492 e. The number of para-hydroxylation sites is 2. The Labute approximate surface area is 173 Å². The van der Waals surface area contributed by atoms with Gasteiger partial charge in [-0.15, -0.1) is 0 Å². The van der Waals surface area contributed by atoms with E-state index in [-0.39, 0.29) is 24.0 Å². The van der Waals surface area contributed by atoms with Crippen molar-refractivity contribution < 1.29 is 14.3 Å². The van der Waals surface area contributed by atoms with Crippen LogP contribution in [0.4, 0.5) is 10.5 Å². The van der Waals surface area contributed by atoms with Crippen LogP contribution in [0.2, 0.25) is 0 Å². The quantitative estimate of drug-likeness (QED) is 0.765. The second kappa shape index (κ2) is 10.5. The molecule has 3 amide bonds. The molecular formula is C22H34N4O3. The first-order valence-electron chi connectivity index (χ1n) is 10.9. The summed E-state index contributed by atoms with van der Waals surface area (Å²) in [6, 6.07) is 7.56. The van der Waals surface area contributed by atoms with E-state index < -0.39 is 0 Å². The van der Waals surface area contributed by atoms with Crippen LogP contribution >= 0.6 is 0 Å². The summed E-state index contributed by atoms with van der Waals surface area (Å²) >= 11 is 0. The molecule has 0 aromatic heterocycles. The molecule has 1 aromatic carbocycles. The average molecular weight is 403 g/mol. The van der Waals surface area contributed by atoms with Crippen molar-refractivity contribution in [3.8, 4) is 5.75 Å². The van der Waals surface area contributed by atoms with E-state index in [4.69, 9.17) is 4.74 Å². The van der Waals surface area contributed by atoms with Crippen molar-refractivity contribution in [2.45, 2.75) is 58.0 Å². The normalized spacial score (nSPS) is 19.4. The zero-order chi connectivity index (χ0) is 20.6. The van der Waals surface area contributed by atoms with Crippen molar-refractivity contribution in [1.82, 2.24) is 15.5 Å². The second-order valence-electron chi connectivity index (χ2n) is 7.90. The molecule has 7 heteroatoms. The third-order valence-corrected chi connectivity index (χ3v) is 5.92. The van der Waals surface area contributed by atoms with Crippen LogP contribution in [0.3, 0.4) is 0 Å². The zero-order valence-electron chi connectivity index (χ0n) is 17.7. The summed E-state index contributed by atoms with van der Waals surface area (Å²) in [6.07, 6.45) is 5.53. The van der Waals surface area contributed by atoms with E-state index in [0.717, 1.165) is 63.3 Å². The van der Waals surface area contributed by atoms with Gasteiger partial charge in [-0.2, -0.15) is 0 Å². The molecule has 1 heterocycles. The van der Waals surface area contributed by atoms with Gasteiger partial charge in [0, 0.05) is 32.2 Å². The van der Waals surface area contributed by atoms with Crippen LogP contribution in [-0.4, -0.2) is 61.7 Å². The zero-order valence-corrected chi connectivity index (χ0v) is 17.7. The van der Waals surface area contributed by atoms with Crippen LogP contribution in [0, 0.1) is 0 Å². The fourth-order valence-electron chi connectivity index (χ4n) is 4.20. The van der Waals surface area contributed by atoms with E-state index in [0.29, 0.717) is 6.61 Å². The van der Waals surface area contributed by atoms with Gasteiger partial charge in [-0.05, 0) is 38.8 Å². The number of anilines is 1. The number of ether oxygens (including phenoxy) is 1. The molecule has 0 spiro atoms. The van der Waals surface area contributed by atoms with Crippen LogP contribution < -0.4 is 20.3 Å². The van der Waals surface area contributed by atoms with Crippen molar-refractivity contribution >= 4 is 17.6 Å². The lowest BCUT2D eigenvalue weighted by Crippen LogP contribution is -2.56.